The number of anilines is 1. The molecule has 106 valence electrons. The van der Waals surface area contributed by atoms with E-state index in [1.165, 1.54) is 0 Å². The third-order valence-electron chi connectivity index (χ3n) is 2.88. The van der Waals surface area contributed by atoms with E-state index in [9.17, 15) is 9.90 Å². The largest absolute Gasteiger partial charge is 0.478 e. The van der Waals surface area contributed by atoms with Gasteiger partial charge in [-0.15, -0.1) is 0 Å². The van der Waals surface area contributed by atoms with E-state index in [2.05, 4.69) is 23.6 Å². The standard InChI is InChI=1S/C15H24N2O2/c1-12(2)11-17(10-9-16(3)4)14-8-6-5-7-13(14)15(18)19/h5-8,12H,9-11H2,1-4H3,(H,18,19). The Bertz CT molecular complexity index is 416. The topological polar surface area (TPSA) is 43.8 Å². The molecule has 0 aliphatic heterocycles. The molecule has 0 heterocycles. The minimum absolute atomic E-state index is 0.377. The van der Waals surface area contributed by atoms with Crippen LogP contribution in [-0.2, 0) is 0 Å². The second-order valence-corrected chi connectivity index (χ2v) is 5.47. The number of benzene rings is 1. The van der Waals surface area contributed by atoms with Crippen molar-refractivity contribution >= 4 is 11.7 Å². The second-order valence-electron chi connectivity index (χ2n) is 5.47. The lowest BCUT2D eigenvalue weighted by atomic mass is 10.1. The molecule has 0 unspecified atom stereocenters. The van der Waals surface area contributed by atoms with Gasteiger partial charge in [0.05, 0.1) is 11.3 Å². The molecule has 0 aliphatic carbocycles. The quantitative estimate of drug-likeness (QED) is 0.821. The first-order valence-corrected chi connectivity index (χ1v) is 6.63. The molecule has 0 saturated carbocycles. The molecule has 0 radical (unpaired) electrons. The highest BCUT2D eigenvalue weighted by molar-refractivity contribution is 5.94. The van der Waals surface area contributed by atoms with Crippen molar-refractivity contribution in [2.24, 2.45) is 5.92 Å². The fraction of sp³-hybridized carbons (Fsp3) is 0.533. The number of carboxylic acids is 1. The number of hydrogen-bond donors (Lipinski definition) is 1. The van der Waals surface area contributed by atoms with Crippen molar-refractivity contribution in [3.05, 3.63) is 29.8 Å². The summed E-state index contributed by atoms with van der Waals surface area (Å²) in [7, 11) is 4.05. The van der Waals surface area contributed by atoms with Crippen LogP contribution >= 0.6 is 0 Å². The minimum Gasteiger partial charge on any atom is -0.478 e. The van der Waals surface area contributed by atoms with Gasteiger partial charge in [-0.05, 0) is 32.1 Å². The molecule has 0 spiro atoms. The number of para-hydroxylation sites is 1. The van der Waals surface area contributed by atoms with Crippen LogP contribution in [0.3, 0.4) is 0 Å². The van der Waals surface area contributed by atoms with Crippen molar-refractivity contribution in [1.29, 1.82) is 0 Å². The van der Waals surface area contributed by atoms with Gasteiger partial charge in [-0.1, -0.05) is 26.0 Å². The van der Waals surface area contributed by atoms with E-state index < -0.39 is 5.97 Å². The maximum absolute atomic E-state index is 11.3. The Balaban J connectivity index is 2.99. The van der Waals surface area contributed by atoms with Crippen LogP contribution < -0.4 is 4.90 Å². The number of hydrogen-bond acceptors (Lipinski definition) is 3. The molecule has 4 heteroatoms. The zero-order valence-electron chi connectivity index (χ0n) is 12.3. The maximum atomic E-state index is 11.3. The number of aromatic carboxylic acids is 1. The second kappa shape index (κ2) is 7.14. The molecule has 0 fully saturated rings. The highest BCUT2D eigenvalue weighted by Gasteiger charge is 2.16. The van der Waals surface area contributed by atoms with E-state index in [-0.39, 0.29) is 0 Å². The summed E-state index contributed by atoms with van der Waals surface area (Å²) >= 11 is 0. The third-order valence-corrected chi connectivity index (χ3v) is 2.88. The zero-order valence-corrected chi connectivity index (χ0v) is 12.3. The molecule has 1 rings (SSSR count). The first kappa shape index (κ1) is 15.5. The van der Waals surface area contributed by atoms with Gasteiger partial charge < -0.3 is 14.9 Å². The Labute approximate surface area is 115 Å². The van der Waals surface area contributed by atoms with Crippen molar-refractivity contribution in [3.8, 4) is 0 Å². The van der Waals surface area contributed by atoms with E-state index in [1.807, 2.05) is 26.2 Å². The number of nitrogens with zero attached hydrogens (tertiary/aromatic N) is 2. The van der Waals surface area contributed by atoms with Crippen molar-refractivity contribution in [3.63, 3.8) is 0 Å². The minimum atomic E-state index is -0.866. The van der Waals surface area contributed by atoms with Crippen LogP contribution in [0.5, 0.6) is 0 Å². The van der Waals surface area contributed by atoms with Crippen LogP contribution in [0.2, 0.25) is 0 Å². The van der Waals surface area contributed by atoms with Gasteiger partial charge in [0.25, 0.3) is 0 Å². The van der Waals surface area contributed by atoms with Crippen LogP contribution in [-0.4, -0.2) is 49.7 Å². The van der Waals surface area contributed by atoms with Gasteiger partial charge in [-0.2, -0.15) is 0 Å². The van der Waals surface area contributed by atoms with Gasteiger partial charge in [-0.25, -0.2) is 4.79 Å². The zero-order chi connectivity index (χ0) is 14.4. The molecule has 0 aromatic heterocycles. The molecule has 1 aromatic carbocycles. The van der Waals surface area contributed by atoms with Crippen LogP contribution in [0, 0.1) is 5.92 Å². The van der Waals surface area contributed by atoms with Crippen LogP contribution in [0.15, 0.2) is 24.3 Å². The Morgan fingerprint density at radius 3 is 2.37 bits per heavy atom. The Morgan fingerprint density at radius 1 is 1.21 bits per heavy atom. The summed E-state index contributed by atoms with van der Waals surface area (Å²) < 4.78 is 0. The smallest absolute Gasteiger partial charge is 0.337 e. The van der Waals surface area contributed by atoms with Crippen molar-refractivity contribution in [1.82, 2.24) is 4.90 Å². The molecule has 1 N–H and O–H groups in total. The first-order valence-electron chi connectivity index (χ1n) is 6.63. The lowest BCUT2D eigenvalue weighted by Crippen LogP contribution is -2.35. The predicted molar refractivity (Wildman–Crippen MR) is 79.0 cm³/mol. The summed E-state index contributed by atoms with van der Waals surface area (Å²) in [6, 6.07) is 7.22. The summed E-state index contributed by atoms with van der Waals surface area (Å²) in [6.45, 7) is 6.88. The maximum Gasteiger partial charge on any atom is 0.337 e. The summed E-state index contributed by atoms with van der Waals surface area (Å²) in [5.41, 5.74) is 1.19. The SMILES string of the molecule is CC(C)CN(CCN(C)C)c1ccccc1C(=O)O. The van der Waals surface area contributed by atoms with E-state index in [0.29, 0.717) is 11.5 Å². The normalized spacial score (nSPS) is 11.1. The summed E-state index contributed by atoms with van der Waals surface area (Å²) in [5.74, 6) is -0.377. The molecule has 0 amide bonds. The number of rotatable bonds is 7. The monoisotopic (exact) mass is 264 g/mol. The first-order chi connectivity index (χ1) is 8.91. The van der Waals surface area contributed by atoms with E-state index >= 15 is 0 Å². The Morgan fingerprint density at radius 2 is 1.84 bits per heavy atom. The fourth-order valence-corrected chi connectivity index (χ4v) is 2.00. The van der Waals surface area contributed by atoms with Gasteiger partial charge in [-0.3, -0.25) is 0 Å². The summed E-state index contributed by atoms with van der Waals surface area (Å²) in [5, 5.41) is 9.29. The molecular formula is C15H24N2O2. The van der Waals surface area contributed by atoms with E-state index in [1.54, 1.807) is 12.1 Å². The fourth-order valence-electron chi connectivity index (χ4n) is 2.00. The van der Waals surface area contributed by atoms with Crippen molar-refractivity contribution in [2.45, 2.75) is 13.8 Å². The highest BCUT2D eigenvalue weighted by atomic mass is 16.4. The lowest BCUT2D eigenvalue weighted by molar-refractivity contribution is 0.0697. The molecule has 19 heavy (non-hydrogen) atoms. The van der Waals surface area contributed by atoms with Crippen molar-refractivity contribution in [2.75, 3.05) is 38.6 Å². The molecule has 1 aromatic rings. The number of carbonyl (C=O) groups is 1. The average Bonchev–Trinajstić information content (AvgIpc) is 2.33. The van der Waals surface area contributed by atoms with Gasteiger partial charge in [0.2, 0.25) is 0 Å². The van der Waals surface area contributed by atoms with Gasteiger partial charge >= 0.3 is 5.97 Å². The van der Waals surface area contributed by atoms with Crippen LogP contribution in [0.1, 0.15) is 24.2 Å². The number of likely N-dealkylation sites (N-methyl/N-ethyl adjacent to an activating group) is 1. The summed E-state index contributed by atoms with van der Waals surface area (Å²) in [4.78, 5) is 15.6. The van der Waals surface area contributed by atoms with Crippen LogP contribution in [0.4, 0.5) is 5.69 Å². The average molecular weight is 264 g/mol. The molecular weight excluding hydrogens is 240 g/mol. The van der Waals surface area contributed by atoms with Gasteiger partial charge in [0.1, 0.15) is 0 Å². The molecule has 0 atom stereocenters. The molecule has 0 bridgehead atoms. The Kier molecular flexibility index (Phi) is 5.83. The Hall–Kier alpha value is -1.55. The highest BCUT2D eigenvalue weighted by Crippen LogP contribution is 2.21. The van der Waals surface area contributed by atoms with E-state index in [4.69, 9.17) is 0 Å². The summed E-state index contributed by atoms with van der Waals surface area (Å²) in [6.07, 6.45) is 0. The van der Waals surface area contributed by atoms with Crippen molar-refractivity contribution < 1.29 is 9.90 Å². The molecule has 4 nitrogen and oxygen atoms in total. The van der Waals surface area contributed by atoms with Gasteiger partial charge in [0.15, 0.2) is 0 Å². The molecule has 0 aliphatic rings. The molecule has 0 saturated heterocycles. The number of carboxylic acid groups (broad SMARTS) is 1. The van der Waals surface area contributed by atoms with Crippen LogP contribution in [0.25, 0.3) is 0 Å². The third kappa shape index (κ3) is 4.91. The van der Waals surface area contributed by atoms with Gasteiger partial charge in [0, 0.05) is 19.6 Å². The predicted octanol–water partition coefficient (Wildman–Crippen LogP) is 2.41. The lowest BCUT2D eigenvalue weighted by Gasteiger charge is -2.29. The van der Waals surface area contributed by atoms with E-state index in [0.717, 1.165) is 25.3 Å².